The van der Waals surface area contributed by atoms with E-state index < -0.39 is 23.8 Å². The summed E-state index contributed by atoms with van der Waals surface area (Å²) in [4.78, 5) is 23.1. The summed E-state index contributed by atoms with van der Waals surface area (Å²) in [5.74, 6) is -1.93. The number of carbonyl (C=O) groups is 2. The van der Waals surface area contributed by atoms with E-state index in [4.69, 9.17) is 4.74 Å². The molecule has 0 aliphatic carbocycles. The molecule has 1 amide bonds. The number of benzene rings is 1. The monoisotopic (exact) mass is 331 g/mol. The number of carbonyl (C=O) groups excluding carboxylic acids is 2. The Bertz CT molecular complexity index is 491. The average molecular weight is 332 g/mol. The molecule has 1 atom stereocenters. The molecule has 19 heavy (non-hydrogen) atoms. The second kappa shape index (κ2) is 6.65. The predicted molar refractivity (Wildman–Crippen MR) is 73.1 cm³/mol. The van der Waals surface area contributed by atoms with Gasteiger partial charge in [-0.2, -0.15) is 0 Å². The van der Waals surface area contributed by atoms with Gasteiger partial charge in [-0.1, -0.05) is 29.8 Å². The quantitative estimate of drug-likeness (QED) is 0.862. The lowest BCUT2D eigenvalue weighted by molar-refractivity contribution is -0.156. The van der Waals surface area contributed by atoms with E-state index in [1.54, 1.807) is 19.9 Å². The number of rotatable bonds is 4. The summed E-state index contributed by atoms with van der Waals surface area (Å²) in [6, 6.07) is 4.26. The topological polar surface area (TPSA) is 55.4 Å². The zero-order valence-corrected chi connectivity index (χ0v) is 12.5. The highest BCUT2D eigenvalue weighted by molar-refractivity contribution is 9.10. The fourth-order valence-corrected chi connectivity index (χ4v) is 1.52. The van der Waals surface area contributed by atoms with E-state index >= 15 is 0 Å². The molecular formula is C13H15BrFNO3. The molecule has 1 aromatic carbocycles. The Morgan fingerprint density at radius 1 is 1.32 bits per heavy atom. The second-order valence-corrected chi connectivity index (χ2v) is 5.26. The van der Waals surface area contributed by atoms with Crippen molar-refractivity contribution in [2.24, 2.45) is 5.92 Å². The van der Waals surface area contributed by atoms with E-state index in [1.807, 2.05) is 0 Å². The molecule has 1 rings (SSSR count). The molecule has 4 nitrogen and oxygen atoms in total. The summed E-state index contributed by atoms with van der Waals surface area (Å²) in [7, 11) is 0. The molecule has 0 spiro atoms. The van der Waals surface area contributed by atoms with Gasteiger partial charge in [-0.15, -0.1) is 0 Å². The van der Waals surface area contributed by atoms with Gasteiger partial charge in [-0.25, -0.2) is 4.39 Å². The Morgan fingerprint density at radius 2 is 1.95 bits per heavy atom. The number of esters is 1. The van der Waals surface area contributed by atoms with Crippen molar-refractivity contribution in [1.29, 1.82) is 0 Å². The van der Waals surface area contributed by atoms with Crippen LogP contribution in [0.5, 0.6) is 0 Å². The van der Waals surface area contributed by atoms with Crippen LogP contribution in [-0.4, -0.2) is 18.0 Å². The number of hydrogen-bond donors (Lipinski definition) is 1. The molecule has 0 saturated heterocycles. The molecule has 0 saturated carbocycles. The minimum atomic E-state index is -0.974. The Morgan fingerprint density at radius 3 is 2.47 bits per heavy atom. The fourth-order valence-electron chi connectivity index (χ4n) is 1.19. The second-order valence-electron chi connectivity index (χ2n) is 4.35. The van der Waals surface area contributed by atoms with Gasteiger partial charge in [0.1, 0.15) is 5.82 Å². The Balaban J connectivity index is 2.66. The first-order chi connectivity index (χ1) is 8.81. The van der Waals surface area contributed by atoms with E-state index in [1.165, 1.54) is 19.1 Å². The van der Waals surface area contributed by atoms with Gasteiger partial charge in [-0.3, -0.25) is 9.59 Å². The van der Waals surface area contributed by atoms with E-state index in [9.17, 15) is 14.0 Å². The SMILES string of the molecule is CC(C)C(=O)OC(C)C(=O)Nc1ccc(Br)cc1F. The van der Waals surface area contributed by atoms with Crippen LogP contribution in [-0.2, 0) is 14.3 Å². The van der Waals surface area contributed by atoms with Gasteiger partial charge in [0.05, 0.1) is 11.6 Å². The van der Waals surface area contributed by atoms with Crippen molar-refractivity contribution in [1.82, 2.24) is 0 Å². The highest BCUT2D eigenvalue weighted by Crippen LogP contribution is 2.19. The third-order valence-corrected chi connectivity index (χ3v) is 2.82. The highest BCUT2D eigenvalue weighted by atomic mass is 79.9. The molecule has 104 valence electrons. The number of ether oxygens (including phenoxy) is 1. The molecule has 0 aliphatic heterocycles. The smallest absolute Gasteiger partial charge is 0.309 e. The first kappa shape index (κ1) is 15.6. The van der Waals surface area contributed by atoms with E-state index in [-0.39, 0.29) is 11.6 Å². The number of halogens is 2. The molecule has 0 fully saturated rings. The fraction of sp³-hybridized carbons (Fsp3) is 0.385. The molecule has 1 N–H and O–H groups in total. The van der Waals surface area contributed by atoms with Crippen LogP contribution in [0.2, 0.25) is 0 Å². The molecular weight excluding hydrogens is 317 g/mol. The van der Waals surface area contributed by atoms with Crippen LogP contribution >= 0.6 is 15.9 Å². The lowest BCUT2D eigenvalue weighted by atomic mass is 10.2. The minimum absolute atomic E-state index is 0.0423. The summed E-state index contributed by atoms with van der Waals surface area (Å²) < 4.78 is 19.0. The maximum absolute atomic E-state index is 13.5. The van der Waals surface area contributed by atoms with Crippen molar-refractivity contribution < 1.29 is 18.7 Å². The Kier molecular flexibility index (Phi) is 5.47. The van der Waals surface area contributed by atoms with Gasteiger partial charge < -0.3 is 10.1 Å². The van der Waals surface area contributed by atoms with Crippen LogP contribution in [0.4, 0.5) is 10.1 Å². The van der Waals surface area contributed by atoms with Crippen molar-refractivity contribution in [3.63, 3.8) is 0 Å². The van der Waals surface area contributed by atoms with Crippen LogP contribution < -0.4 is 5.32 Å². The molecule has 0 heterocycles. The number of amides is 1. The number of hydrogen-bond acceptors (Lipinski definition) is 3. The largest absolute Gasteiger partial charge is 0.452 e. The Labute approximate surface area is 119 Å². The summed E-state index contributed by atoms with van der Waals surface area (Å²) >= 11 is 3.12. The summed E-state index contributed by atoms with van der Waals surface area (Å²) in [6.07, 6.45) is -0.974. The number of nitrogens with one attached hydrogen (secondary N) is 1. The number of anilines is 1. The lowest BCUT2D eigenvalue weighted by Crippen LogP contribution is -2.31. The molecule has 0 bridgehead atoms. The standard InChI is InChI=1S/C13H15BrFNO3/c1-7(2)13(18)19-8(3)12(17)16-11-5-4-9(14)6-10(11)15/h4-8H,1-3H3,(H,16,17). The molecule has 1 aromatic rings. The van der Waals surface area contributed by atoms with Gasteiger partial charge in [0.15, 0.2) is 6.10 Å². The van der Waals surface area contributed by atoms with E-state index in [0.29, 0.717) is 4.47 Å². The molecule has 1 unspecified atom stereocenters. The third kappa shape index (κ3) is 4.63. The zero-order valence-electron chi connectivity index (χ0n) is 10.9. The summed E-state index contributed by atoms with van der Waals surface area (Å²) in [5, 5.41) is 2.37. The van der Waals surface area contributed by atoms with Crippen molar-refractivity contribution in [2.45, 2.75) is 26.9 Å². The third-order valence-electron chi connectivity index (χ3n) is 2.32. The van der Waals surface area contributed by atoms with Crippen LogP contribution in [0.1, 0.15) is 20.8 Å². The van der Waals surface area contributed by atoms with Crippen LogP contribution in [0.25, 0.3) is 0 Å². The van der Waals surface area contributed by atoms with Gasteiger partial charge in [0, 0.05) is 4.47 Å². The first-order valence-corrected chi connectivity index (χ1v) is 6.57. The Hall–Kier alpha value is -1.43. The minimum Gasteiger partial charge on any atom is -0.452 e. The van der Waals surface area contributed by atoms with Gasteiger partial charge >= 0.3 is 5.97 Å². The van der Waals surface area contributed by atoms with Crippen LogP contribution in [0.3, 0.4) is 0 Å². The van der Waals surface area contributed by atoms with E-state index in [2.05, 4.69) is 21.2 Å². The normalized spacial score (nSPS) is 12.1. The van der Waals surface area contributed by atoms with Gasteiger partial charge in [0.2, 0.25) is 0 Å². The van der Waals surface area contributed by atoms with Gasteiger partial charge in [0.25, 0.3) is 5.91 Å². The maximum atomic E-state index is 13.5. The van der Waals surface area contributed by atoms with Crippen molar-refractivity contribution in [3.8, 4) is 0 Å². The maximum Gasteiger partial charge on any atom is 0.309 e. The van der Waals surface area contributed by atoms with Crippen molar-refractivity contribution in [3.05, 3.63) is 28.5 Å². The van der Waals surface area contributed by atoms with Crippen molar-refractivity contribution in [2.75, 3.05) is 5.32 Å². The lowest BCUT2D eigenvalue weighted by Gasteiger charge is -2.15. The first-order valence-electron chi connectivity index (χ1n) is 5.77. The predicted octanol–water partition coefficient (Wildman–Crippen LogP) is 3.11. The molecule has 6 heteroatoms. The van der Waals surface area contributed by atoms with Crippen LogP contribution in [0, 0.1) is 11.7 Å². The summed E-state index contributed by atoms with van der Waals surface area (Å²) in [6.45, 7) is 4.77. The molecule has 0 aromatic heterocycles. The molecule has 0 aliphatic rings. The van der Waals surface area contributed by atoms with E-state index in [0.717, 1.165) is 0 Å². The van der Waals surface area contributed by atoms with Crippen molar-refractivity contribution >= 4 is 33.5 Å². The highest BCUT2D eigenvalue weighted by Gasteiger charge is 2.20. The zero-order chi connectivity index (χ0) is 14.6. The van der Waals surface area contributed by atoms with Crippen LogP contribution in [0.15, 0.2) is 22.7 Å². The average Bonchev–Trinajstić information content (AvgIpc) is 2.32. The van der Waals surface area contributed by atoms with Gasteiger partial charge in [-0.05, 0) is 25.1 Å². The molecule has 0 radical (unpaired) electrons. The summed E-state index contributed by atoms with van der Waals surface area (Å²) in [5.41, 5.74) is 0.0423.